The smallest absolute Gasteiger partial charge is 0.317 e. The van der Waals surface area contributed by atoms with Crippen molar-refractivity contribution in [3.63, 3.8) is 0 Å². The number of hydrogen-bond donors (Lipinski definition) is 1. The van der Waals surface area contributed by atoms with E-state index in [0.29, 0.717) is 17.6 Å². The first-order chi connectivity index (χ1) is 8.25. The van der Waals surface area contributed by atoms with E-state index in [1.807, 2.05) is 38.4 Å². The van der Waals surface area contributed by atoms with Crippen molar-refractivity contribution < 1.29 is 4.42 Å². The van der Waals surface area contributed by atoms with Gasteiger partial charge < -0.3 is 9.32 Å². The molecule has 6 heteroatoms. The minimum absolute atomic E-state index is 0.422. The van der Waals surface area contributed by atoms with Gasteiger partial charge in [-0.3, -0.25) is 5.10 Å². The van der Waals surface area contributed by atoms with E-state index in [4.69, 9.17) is 4.42 Å². The monoisotopic (exact) mass is 229 g/mol. The van der Waals surface area contributed by atoms with Crippen LogP contribution < -0.4 is 4.90 Å². The highest BCUT2D eigenvalue weighted by atomic mass is 16.4. The second-order valence-corrected chi connectivity index (χ2v) is 3.90. The van der Waals surface area contributed by atoms with Crippen LogP contribution in [0, 0.1) is 0 Å². The second kappa shape index (κ2) is 3.58. The van der Waals surface area contributed by atoms with Gasteiger partial charge in [0.15, 0.2) is 5.69 Å². The van der Waals surface area contributed by atoms with E-state index < -0.39 is 0 Å². The fourth-order valence-electron chi connectivity index (χ4n) is 1.62. The van der Waals surface area contributed by atoms with Crippen molar-refractivity contribution in [1.29, 1.82) is 0 Å². The molecule has 3 rings (SSSR count). The van der Waals surface area contributed by atoms with Crippen LogP contribution in [0.15, 0.2) is 28.7 Å². The van der Waals surface area contributed by atoms with Gasteiger partial charge in [0.25, 0.3) is 5.89 Å². The maximum absolute atomic E-state index is 5.52. The third-order valence-corrected chi connectivity index (χ3v) is 2.47. The molecule has 0 saturated carbocycles. The zero-order valence-electron chi connectivity index (χ0n) is 9.51. The van der Waals surface area contributed by atoms with Gasteiger partial charge in [-0.05, 0) is 6.07 Å². The summed E-state index contributed by atoms with van der Waals surface area (Å²) < 4.78 is 5.52. The SMILES string of the molecule is CN(C)c1nnc(-c2n[nH]c3ccccc23)o1. The predicted molar refractivity (Wildman–Crippen MR) is 63.7 cm³/mol. The molecule has 2 aromatic heterocycles. The summed E-state index contributed by atoms with van der Waals surface area (Å²) in [7, 11) is 3.69. The Morgan fingerprint density at radius 2 is 2.00 bits per heavy atom. The lowest BCUT2D eigenvalue weighted by atomic mass is 10.2. The molecule has 3 aromatic rings. The molecular formula is C11H11N5O. The van der Waals surface area contributed by atoms with E-state index in [-0.39, 0.29) is 0 Å². The molecule has 0 aliphatic heterocycles. The molecule has 0 saturated heterocycles. The molecule has 1 aromatic carbocycles. The molecular weight excluding hydrogens is 218 g/mol. The lowest BCUT2D eigenvalue weighted by molar-refractivity contribution is 0.564. The number of benzene rings is 1. The number of fused-ring (bicyclic) bond motifs is 1. The van der Waals surface area contributed by atoms with Crippen molar-refractivity contribution >= 4 is 16.9 Å². The van der Waals surface area contributed by atoms with Crippen LogP contribution in [-0.2, 0) is 0 Å². The predicted octanol–water partition coefficient (Wildman–Crippen LogP) is 1.68. The normalized spacial score (nSPS) is 10.9. The molecule has 1 N–H and O–H groups in total. The Bertz CT molecular complexity index is 654. The van der Waals surface area contributed by atoms with Crippen LogP contribution in [0.4, 0.5) is 6.01 Å². The number of aromatic amines is 1. The Hall–Kier alpha value is -2.37. The van der Waals surface area contributed by atoms with Gasteiger partial charge in [0.05, 0.1) is 5.52 Å². The van der Waals surface area contributed by atoms with Crippen LogP contribution in [0.1, 0.15) is 0 Å². The molecule has 0 spiro atoms. The van der Waals surface area contributed by atoms with E-state index in [9.17, 15) is 0 Å². The Kier molecular flexibility index (Phi) is 2.07. The van der Waals surface area contributed by atoms with E-state index >= 15 is 0 Å². The Morgan fingerprint density at radius 3 is 2.76 bits per heavy atom. The summed E-state index contributed by atoms with van der Waals surface area (Å²) >= 11 is 0. The number of rotatable bonds is 2. The number of para-hydroxylation sites is 1. The topological polar surface area (TPSA) is 70.8 Å². The average molecular weight is 229 g/mol. The van der Waals surface area contributed by atoms with Crippen molar-refractivity contribution in [2.45, 2.75) is 0 Å². The highest BCUT2D eigenvalue weighted by Crippen LogP contribution is 2.26. The fourth-order valence-corrected chi connectivity index (χ4v) is 1.62. The molecule has 0 bridgehead atoms. The zero-order valence-corrected chi connectivity index (χ0v) is 9.51. The minimum atomic E-state index is 0.422. The number of anilines is 1. The largest absolute Gasteiger partial charge is 0.401 e. The molecule has 0 fully saturated rings. The average Bonchev–Trinajstić information content (AvgIpc) is 2.95. The highest BCUT2D eigenvalue weighted by Gasteiger charge is 2.15. The molecule has 0 radical (unpaired) electrons. The van der Waals surface area contributed by atoms with Gasteiger partial charge in [0.2, 0.25) is 0 Å². The van der Waals surface area contributed by atoms with Gasteiger partial charge in [0.1, 0.15) is 0 Å². The number of aromatic nitrogens is 4. The number of H-pyrrole nitrogens is 1. The third kappa shape index (κ3) is 1.54. The van der Waals surface area contributed by atoms with Crippen LogP contribution in [0.3, 0.4) is 0 Å². The van der Waals surface area contributed by atoms with Gasteiger partial charge in [-0.1, -0.05) is 23.3 Å². The number of hydrogen-bond acceptors (Lipinski definition) is 5. The van der Waals surface area contributed by atoms with Crippen molar-refractivity contribution in [1.82, 2.24) is 20.4 Å². The first-order valence-corrected chi connectivity index (χ1v) is 5.20. The molecule has 6 nitrogen and oxygen atoms in total. The van der Waals surface area contributed by atoms with E-state index in [1.165, 1.54) is 0 Å². The number of nitrogens with zero attached hydrogens (tertiary/aromatic N) is 4. The summed E-state index contributed by atoms with van der Waals surface area (Å²) in [5.41, 5.74) is 1.63. The summed E-state index contributed by atoms with van der Waals surface area (Å²) in [5, 5.41) is 16.0. The Labute approximate surface area is 97.3 Å². The maximum atomic E-state index is 5.52. The summed E-state index contributed by atoms with van der Waals surface area (Å²) in [6, 6.07) is 8.28. The van der Waals surface area contributed by atoms with Gasteiger partial charge in [-0.15, -0.1) is 5.10 Å². The molecule has 0 unspecified atom stereocenters. The maximum Gasteiger partial charge on any atom is 0.317 e. The van der Waals surface area contributed by atoms with Crippen LogP contribution in [-0.4, -0.2) is 34.5 Å². The lowest BCUT2D eigenvalue weighted by Crippen LogP contribution is -2.08. The molecule has 2 heterocycles. The van der Waals surface area contributed by atoms with Crippen molar-refractivity contribution in [3.05, 3.63) is 24.3 Å². The summed E-state index contributed by atoms with van der Waals surface area (Å²) in [6.07, 6.45) is 0. The van der Waals surface area contributed by atoms with Crippen molar-refractivity contribution in [3.8, 4) is 11.6 Å². The highest BCUT2D eigenvalue weighted by molar-refractivity contribution is 5.90. The quantitative estimate of drug-likeness (QED) is 0.723. The van der Waals surface area contributed by atoms with Gasteiger partial charge >= 0.3 is 6.01 Å². The molecule has 17 heavy (non-hydrogen) atoms. The molecule has 0 amide bonds. The molecule has 0 atom stereocenters. The van der Waals surface area contributed by atoms with E-state index in [2.05, 4.69) is 20.4 Å². The first-order valence-electron chi connectivity index (χ1n) is 5.20. The lowest BCUT2D eigenvalue weighted by Gasteiger charge is -2.02. The van der Waals surface area contributed by atoms with Gasteiger partial charge in [0, 0.05) is 19.5 Å². The van der Waals surface area contributed by atoms with Crippen LogP contribution in [0.2, 0.25) is 0 Å². The van der Waals surface area contributed by atoms with Gasteiger partial charge in [-0.25, -0.2) is 0 Å². The third-order valence-electron chi connectivity index (χ3n) is 2.47. The van der Waals surface area contributed by atoms with Crippen molar-refractivity contribution in [2.24, 2.45) is 0 Å². The Balaban J connectivity index is 2.14. The second-order valence-electron chi connectivity index (χ2n) is 3.90. The zero-order chi connectivity index (χ0) is 11.8. The Morgan fingerprint density at radius 1 is 1.18 bits per heavy atom. The molecule has 0 aliphatic carbocycles. The van der Waals surface area contributed by atoms with E-state index in [0.717, 1.165) is 10.9 Å². The van der Waals surface area contributed by atoms with Crippen molar-refractivity contribution in [2.75, 3.05) is 19.0 Å². The first kappa shape index (κ1) is 9.83. The van der Waals surface area contributed by atoms with E-state index in [1.54, 1.807) is 4.90 Å². The summed E-state index contributed by atoms with van der Waals surface area (Å²) in [5.74, 6) is 0.422. The fraction of sp³-hybridized carbons (Fsp3) is 0.182. The molecule has 0 aliphatic rings. The summed E-state index contributed by atoms with van der Waals surface area (Å²) in [4.78, 5) is 1.76. The van der Waals surface area contributed by atoms with Crippen LogP contribution in [0.5, 0.6) is 0 Å². The van der Waals surface area contributed by atoms with Crippen LogP contribution in [0.25, 0.3) is 22.5 Å². The van der Waals surface area contributed by atoms with Crippen LogP contribution >= 0.6 is 0 Å². The number of nitrogens with one attached hydrogen (secondary N) is 1. The summed E-state index contributed by atoms with van der Waals surface area (Å²) in [6.45, 7) is 0. The van der Waals surface area contributed by atoms with Gasteiger partial charge in [-0.2, -0.15) is 5.10 Å². The standard InChI is InChI=1S/C11H11N5O/c1-16(2)11-15-14-10(17-11)9-7-5-3-4-6-8(7)12-13-9/h3-6H,1-2H3,(H,12,13). The minimum Gasteiger partial charge on any atom is -0.401 e. The molecule has 86 valence electrons.